The third kappa shape index (κ3) is 3.01. The van der Waals surface area contributed by atoms with E-state index in [9.17, 15) is 18.0 Å². The smallest absolute Gasteiger partial charge is 0.446 e. The lowest BCUT2D eigenvalue weighted by molar-refractivity contribution is -0.204. The molecule has 0 aliphatic carbocycles. The minimum Gasteiger partial charge on any atom is -0.462 e. The summed E-state index contributed by atoms with van der Waals surface area (Å²) in [6.45, 7) is 1.13. The Labute approximate surface area is 129 Å². The van der Waals surface area contributed by atoms with E-state index in [-0.39, 0.29) is 12.4 Å². The van der Waals surface area contributed by atoms with E-state index in [2.05, 4.69) is 14.7 Å². The largest absolute Gasteiger partial charge is 0.462 e. The maximum atomic E-state index is 13.6. The van der Waals surface area contributed by atoms with Crippen LogP contribution in [0.4, 0.5) is 13.2 Å². The maximum absolute atomic E-state index is 13.6. The van der Waals surface area contributed by atoms with Crippen molar-refractivity contribution in [3.63, 3.8) is 0 Å². The molecule has 126 valence electrons. The van der Waals surface area contributed by atoms with Gasteiger partial charge in [0.1, 0.15) is 0 Å². The van der Waals surface area contributed by atoms with Gasteiger partial charge in [-0.05, 0) is 19.1 Å². The van der Waals surface area contributed by atoms with Crippen molar-refractivity contribution < 1.29 is 31.9 Å². The first-order chi connectivity index (χ1) is 10.7. The monoisotopic (exact) mass is 333 g/mol. The Kier molecular flexibility index (Phi) is 4.35. The van der Waals surface area contributed by atoms with E-state index < -0.39 is 29.7 Å². The van der Waals surface area contributed by atoms with Crippen LogP contribution in [0.5, 0.6) is 0 Å². The molecule has 2 heterocycles. The fourth-order valence-corrected chi connectivity index (χ4v) is 1.70. The molecule has 0 aromatic carbocycles. The number of carbonyl (C=O) groups is 1. The predicted molar refractivity (Wildman–Crippen MR) is 72.9 cm³/mol. The first-order valence-corrected chi connectivity index (χ1v) is 6.54. The molecule has 0 unspecified atom stereocenters. The second-order valence-corrected chi connectivity index (χ2v) is 4.68. The molecule has 0 saturated carbocycles. The van der Waals surface area contributed by atoms with Crippen molar-refractivity contribution in [2.24, 2.45) is 9.98 Å². The number of rotatable bonds is 3. The van der Waals surface area contributed by atoms with Crippen molar-refractivity contribution >= 4 is 17.9 Å². The molecule has 2 rings (SSSR count). The number of aliphatic imine (C=N–C) groups is 2. The molecule has 7 nitrogen and oxygen atoms in total. The van der Waals surface area contributed by atoms with Crippen LogP contribution in [-0.4, -0.2) is 55.3 Å². The fraction of sp³-hybridized carbons (Fsp3) is 0.462. The number of hydrogen-bond donors (Lipinski definition) is 0. The quantitative estimate of drug-likeness (QED) is 0.788. The van der Waals surface area contributed by atoms with Crippen molar-refractivity contribution in [1.82, 2.24) is 4.90 Å². The summed E-state index contributed by atoms with van der Waals surface area (Å²) in [6, 6.07) is 2.35. The first-order valence-electron chi connectivity index (χ1n) is 6.54. The Bertz CT molecular complexity index is 637. The molecule has 0 fully saturated rings. The summed E-state index contributed by atoms with van der Waals surface area (Å²) in [7, 11) is 2.83. The highest BCUT2D eigenvalue weighted by atomic mass is 19.4. The summed E-state index contributed by atoms with van der Waals surface area (Å²) < 4.78 is 55.5. The van der Waals surface area contributed by atoms with Crippen molar-refractivity contribution in [1.29, 1.82) is 0 Å². The molecular weight excluding hydrogens is 319 g/mol. The molecule has 1 aromatic rings. The van der Waals surface area contributed by atoms with E-state index in [0.29, 0.717) is 0 Å². The summed E-state index contributed by atoms with van der Waals surface area (Å²) in [6.07, 6.45) is -3.88. The van der Waals surface area contributed by atoms with Gasteiger partial charge >= 0.3 is 17.8 Å². The summed E-state index contributed by atoms with van der Waals surface area (Å²) in [4.78, 5) is 19.9. The third-order valence-corrected chi connectivity index (χ3v) is 2.78. The summed E-state index contributed by atoms with van der Waals surface area (Å²) in [5, 5.41) is 0. The fourth-order valence-electron chi connectivity index (χ4n) is 1.70. The molecule has 1 aliphatic rings. The van der Waals surface area contributed by atoms with Crippen LogP contribution in [0, 0.1) is 0 Å². The highest BCUT2D eigenvalue weighted by molar-refractivity contribution is 6.04. The molecule has 0 spiro atoms. The van der Waals surface area contributed by atoms with Crippen molar-refractivity contribution in [2.45, 2.75) is 18.8 Å². The molecule has 1 atom stereocenters. The lowest BCUT2D eigenvalue weighted by Gasteiger charge is -2.31. The van der Waals surface area contributed by atoms with E-state index in [0.717, 1.165) is 0 Å². The SMILES string of the molecule is CCOC(=O)[C@]1(C(F)(F)F)N=C(c2ccco2)OC(N(C)C)=N1. The van der Waals surface area contributed by atoms with Gasteiger partial charge in [-0.15, -0.1) is 0 Å². The lowest BCUT2D eigenvalue weighted by Crippen LogP contribution is -2.54. The van der Waals surface area contributed by atoms with E-state index in [1.165, 1.54) is 44.3 Å². The minimum atomic E-state index is -5.12. The molecule has 1 aliphatic heterocycles. The second kappa shape index (κ2) is 5.94. The number of halogens is 3. The van der Waals surface area contributed by atoms with Crippen molar-refractivity contribution in [2.75, 3.05) is 20.7 Å². The number of nitrogens with zero attached hydrogens (tertiary/aromatic N) is 3. The van der Waals surface area contributed by atoms with Crippen LogP contribution in [0.3, 0.4) is 0 Å². The zero-order valence-corrected chi connectivity index (χ0v) is 12.5. The number of carbonyl (C=O) groups excluding carboxylic acids is 1. The van der Waals surface area contributed by atoms with Gasteiger partial charge in [0.05, 0.1) is 12.9 Å². The van der Waals surface area contributed by atoms with Gasteiger partial charge in [0.15, 0.2) is 5.76 Å². The lowest BCUT2D eigenvalue weighted by atomic mass is 10.1. The van der Waals surface area contributed by atoms with Gasteiger partial charge < -0.3 is 18.8 Å². The van der Waals surface area contributed by atoms with Crippen LogP contribution in [0.2, 0.25) is 0 Å². The molecule has 0 saturated heterocycles. The average Bonchev–Trinajstić information content (AvgIpc) is 2.99. The average molecular weight is 333 g/mol. The van der Waals surface area contributed by atoms with E-state index in [1.54, 1.807) is 0 Å². The van der Waals surface area contributed by atoms with Crippen molar-refractivity contribution in [3.05, 3.63) is 24.2 Å². The molecular formula is C13H14F3N3O4. The Balaban J connectivity index is 2.63. The summed E-state index contributed by atoms with van der Waals surface area (Å²) in [5.74, 6) is -2.23. The molecule has 23 heavy (non-hydrogen) atoms. The zero-order chi connectivity index (χ0) is 17.3. The van der Waals surface area contributed by atoms with E-state index >= 15 is 0 Å². The number of alkyl halides is 3. The highest BCUT2D eigenvalue weighted by Crippen LogP contribution is 2.39. The summed E-state index contributed by atoms with van der Waals surface area (Å²) >= 11 is 0. The van der Waals surface area contributed by atoms with Crippen molar-refractivity contribution in [3.8, 4) is 0 Å². The maximum Gasteiger partial charge on any atom is 0.446 e. The van der Waals surface area contributed by atoms with Crippen LogP contribution >= 0.6 is 0 Å². The Morgan fingerprint density at radius 2 is 2.09 bits per heavy atom. The highest BCUT2D eigenvalue weighted by Gasteiger charge is 2.65. The molecule has 0 bridgehead atoms. The van der Waals surface area contributed by atoms with Gasteiger partial charge in [-0.3, -0.25) is 0 Å². The second-order valence-electron chi connectivity index (χ2n) is 4.68. The standard InChI is InChI=1S/C13H14F3N3O4/c1-4-21-10(20)12(13(14,15)16)17-9(8-6-5-7-22-8)23-11(18-12)19(2)3/h5-7H,4H2,1-3H3/t12-/m0/s1. The van der Waals surface area contributed by atoms with Crippen LogP contribution in [0.1, 0.15) is 12.7 Å². The molecule has 0 radical (unpaired) electrons. The first kappa shape index (κ1) is 16.8. The number of amidine groups is 1. The predicted octanol–water partition coefficient (Wildman–Crippen LogP) is 1.80. The Morgan fingerprint density at radius 1 is 1.39 bits per heavy atom. The number of esters is 1. The summed E-state index contributed by atoms with van der Waals surface area (Å²) in [5.41, 5.74) is -3.44. The number of furan rings is 1. The zero-order valence-electron chi connectivity index (χ0n) is 12.5. The van der Waals surface area contributed by atoms with Crippen LogP contribution in [0.15, 0.2) is 32.8 Å². The van der Waals surface area contributed by atoms with Gasteiger partial charge in [-0.1, -0.05) is 0 Å². The van der Waals surface area contributed by atoms with Crippen LogP contribution < -0.4 is 0 Å². The van der Waals surface area contributed by atoms with Gasteiger partial charge in [0.2, 0.25) is 0 Å². The van der Waals surface area contributed by atoms with Gasteiger partial charge in [0.25, 0.3) is 11.9 Å². The number of ether oxygens (including phenoxy) is 2. The van der Waals surface area contributed by atoms with Crippen LogP contribution in [-0.2, 0) is 14.3 Å². The molecule has 0 amide bonds. The Hall–Kier alpha value is -2.52. The molecule has 10 heteroatoms. The topological polar surface area (TPSA) is 76.6 Å². The van der Waals surface area contributed by atoms with Gasteiger partial charge in [-0.2, -0.15) is 23.2 Å². The molecule has 0 N–H and O–H groups in total. The van der Waals surface area contributed by atoms with Crippen LogP contribution in [0.25, 0.3) is 0 Å². The van der Waals surface area contributed by atoms with Gasteiger partial charge in [0, 0.05) is 14.1 Å². The van der Waals surface area contributed by atoms with Gasteiger partial charge in [-0.25, -0.2) is 4.79 Å². The minimum absolute atomic E-state index is 0.0721. The normalized spacial score (nSPS) is 21.1. The Morgan fingerprint density at radius 3 is 2.57 bits per heavy atom. The van der Waals surface area contributed by atoms with E-state index in [4.69, 9.17) is 9.15 Å². The van der Waals surface area contributed by atoms with E-state index in [1.807, 2.05) is 0 Å². The third-order valence-electron chi connectivity index (χ3n) is 2.78. The number of hydrogen-bond acceptors (Lipinski definition) is 7. The molecule has 1 aromatic heterocycles.